The molecule has 0 radical (unpaired) electrons. The van der Waals surface area contributed by atoms with E-state index in [1.54, 1.807) is 18.2 Å². The monoisotopic (exact) mass is 489 g/mol. The van der Waals surface area contributed by atoms with Gasteiger partial charge >= 0.3 is 0 Å². The minimum absolute atomic E-state index is 0.263. The Balaban J connectivity index is 0.00000159. The average molecular weight is 490 g/mol. The van der Waals surface area contributed by atoms with Crippen molar-refractivity contribution in [3.8, 4) is 0 Å². The molecule has 0 aliphatic heterocycles. The molecule has 0 fully saturated rings. The lowest BCUT2D eigenvalue weighted by Gasteiger charge is -2.05. The first kappa shape index (κ1) is 32.5. The van der Waals surface area contributed by atoms with Crippen molar-refractivity contribution < 1.29 is 8.81 Å². The predicted molar refractivity (Wildman–Crippen MR) is 161 cm³/mol. The van der Waals surface area contributed by atoms with E-state index < -0.39 is 0 Å². The molecular formula is C33H44FNO. The first-order valence-corrected chi connectivity index (χ1v) is 12.8. The summed E-state index contributed by atoms with van der Waals surface area (Å²) >= 11 is 0. The van der Waals surface area contributed by atoms with Gasteiger partial charge < -0.3 is 4.42 Å². The fourth-order valence-electron chi connectivity index (χ4n) is 3.40. The lowest BCUT2D eigenvalue weighted by molar-refractivity contribution is 0.603. The van der Waals surface area contributed by atoms with Gasteiger partial charge in [-0.2, -0.15) is 0 Å². The minimum Gasteiger partial charge on any atom is -0.455 e. The summed E-state index contributed by atoms with van der Waals surface area (Å²) in [5.74, 6) is -0.263. The van der Waals surface area contributed by atoms with Crippen LogP contribution in [0, 0.1) is 12.7 Å². The van der Waals surface area contributed by atoms with Crippen LogP contribution in [0.5, 0.6) is 0 Å². The number of nitrogens with zero attached hydrogens (tertiary/aromatic N) is 1. The smallest absolute Gasteiger partial charge is 0.141 e. The summed E-state index contributed by atoms with van der Waals surface area (Å²) in [7, 11) is 0. The fourth-order valence-corrected chi connectivity index (χ4v) is 3.40. The molecule has 3 rings (SSSR count). The molecule has 3 aromatic rings. The van der Waals surface area contributed by atoms with Gasteiger partial charge in [-0.3, -0.25) is 4.99 Å². The number of furan rings is 1. The van der Waals surface area contributed by atoms with Gasteiger partial charge in [0.05, 0.1) is 0 Å². The first-order chi connectivity index (χ1) is 17.5. The number of halogens is 1. The van der Waals surface area contributed by atoms with Crippen molar-refractivity contribution in [2.24, 2.45) is 4.99 Å². The lowest BCUT2D eigenvalue weighted by Crippen LogP contribution is -1.95. The number of para-hydroxylation sites is 1. The topological polar surface area (TPSA) is 25.5 Å². The number of hydrogen-bond acceptors (Lipinski definition) is 2. The van der Waals surface area contributed by atoms with Crippen LogP contribution in [0.25, 0.3) is 21.9 Å². The number of aryl methyl sites for hydroxylation is 1. The van der Waals surface area contributed by atoms with Gasteiger partial charge in [0.1, 0.15) is 17.0 Å². The van der Waals surface area contributed by atoms with E-state index in [-0.39, 0.29) is 5.82 Å². The van der Waals surface area contributed by atoms with E-state index in [4.69, 9.17) is 4.42 Å². The summed E-state index contributed by atoms with van der Waals surface area (Å²) in [6.07, 6.45) is 13.6. The molecule has 1 heterocycles. The molecule has 0 aliphatic rings. The van der Waals surface area contributed by atoms with Gasteiger partial charge in [-0.25, -0.2) is 4.39 Å². The molecule has 0 spiro atoms. The number of rotatable bonds is 7. The molecule has 0 aliphatic carbocycles. The Bertz CT molecular complexity index is 1210. The first-order valence-electron chi connectivity index (χ1n) is 12.8. The van der Waals surface area contributed by atoms with Crippen LogP contribution in [-0.2, 0) is 6.42 Å². The molecule has 0 N–H and O–H groups in total. The second-order valence-corrected chi connectivity index (χ2v) is 7.19. The SMILES string of the molecule is C=CC.C=C\C=C/C(=C\C)C(/C=NCC)=C/Cc1c(F)ccc2c1oc1c(C)cccc12.CC.CC. The molecule has 0 atom stereocenters. The Morgan fingerprint density at radius 1 is 0.972 bits per heavy atom. The van der Waals surface area contributed by atoms with Crippen molar-refractivity contribution in [1.82, 2.24) is 0 Å². The molecule has 0 bridgehead atoms. The zero-order chi connectivity index (χ0) is 27.5. The van der Waals surface area contributed by atoms with E-state index in [0.717, 1.165) is 33.1 Å². The minimum atomic E-state index is -0.263. The highest BCUT2D eigenvalue weighted by molar-refractivity contribution is 6.06. The van der Waals surface area contributed by atoms with E-state index in [2.05, 4.69) is 18.2 Å². The van der Waals surface area contributed by atoms with E-state index in [1.807, 2.05) is 104 Å². The van der Waals surface area contributed by atoms with Gasteiger partial charge in [0, 0.05) is 29.1 Å². The molecule has 0 amide bonds. The lowest BCUT2D eigenvalue weighted by atomic mass is 10.0. The largest absolute Gasteiger partial charge is 0.455 e. The van der Waals surface area contributed by atoms with E-state index >= 15 is 0 Å². The van der Waals surface area contributed by atoms with Crippen LogP contribution in [0.15, 0.2) is 101 Å². The van der Waals surface area contributed by atoms with Crippen molar-refractivity contribution >= 4 is 28.2 Å². The highest BCUT2D eigenvalue weighted by Crippen LogP contribution is 2.34. The zero-order valence-corrected chi connectivity index (χ0v) is 23.5. The number of hydrogen-bond donors (Lipinski definition) is 0. The fraction of sp³-hybridized carbons (Fsp3) is 0.303. The van der Waals surface area contributed by atoms with Crippen LogP contribution in [-0.4, -0.2) is 12.8 Å². The quantitative estimate of drug-likeness (QED) is 0.184. The molecule has 0 saturated heterocycles. The number of allylic oxidation sites excluding steroid dienone is 8. The van der Waals surface area contributed by atoms with Gasteiger partial charge in [-0.05, 0) is 63.0 Å². The summed E-state index contributed by atoms with van der Waals surface area (Å²) in [5, 5.41) is 1.95. The maximum absolute atomic E-state index is 14.8. The highest BCUT2D eigenvalue weighted by atomic mass is 19.1. The molecule has 2 nitrogen and oxygen atoms in total. The second kappa shape index (κ2) is 18.8. The molecule has 36 heavy (non-hydrogen) atoms. The van der Waals surface area contributed by atoms with E-state index in [1.165, 1.54) is 6.07 Å². The normalized spacial score (nSPS) is 11.5. The van der Waals surface area contributed by atoms with Crippen LogP contribution >= 0.6 is 0 Å². The van der Waals surface area contributed by atoms with Crippen LogP contribution in [0.4, 0.5) is 4.39 Å². The summed E-state index contributed by atoms with van der Waals surface area (Å²) in [4.78, 5) is 4.38. The van der Waals surface area contributed by atoms with Gasteiger partial charge in [-0.1, -0.05) is 88.9 Å². The summed E-state index contributed by atoms with van der Waals surface area (Å²) in [6, 6.07) is 9.34. The summed E-state index contributed by atoms with van der Waals surface area (Å²) in [6.45, 7) is 23.6. The van der Waals surface area contributed by atoms with Crippen LogP contribution in [0.3, 0.4) is 0 Å². The molecule has 194 valence electrons. The van der Waals surface area contributed by atoms with Crippen LogP contribution in [0.1, 0.15) is 59.6 Å². The second-order valence-electron chi connectivity index (χ2n) is 7.19. The maximum atomic E-state index is 14.8. The van der Waals surface area contributed by atoms with Crippen LogP contribution < -0.4 is 0 Å². The number of fused-ring (bicyclic) bond motifs is 3. The van der Waals surface area contributed by atoms with E-state index in [9.17, 15) is 4.39 Å². The van der Waals surface area contributed by atoms with Gasteiger partial charge in [0.15, 0.2) is 0 Å². The molecule has 1 aromatic heterocycles. The molecular weight excluding hydrogens is 445 g/mol. The third kappa shape index (κ3) is 8.96. The number of aliphatic imine (C=N–C) groups is 1. The Kier molecular flexibility index (Phi) is 17.0. The number of benzene rings is 2. The molecule has 3 heteroatoms. The summed E-state index contributed by atoms with van der Waals surface area (Å²) in [5.41, 5.74) is 4.98. The molecule has 2 aromatic carbocycles. The Hall–Kier alpha value is -3.46. The third-order valence-electron chi connectivity index (χ3n) is 4.90. The highest BCUT2D eigenvalue weighted by Gasteiger charge is 2.15. The van der Waals surface area contributed by atoms with Crippen molar-refractivity contribution in [2.75, 3.05) is 6.54 Å². The van der Waals surface area contributed by atoms with Crippen molar-refractivity contribution in [2.45, 2.75) is 61.8 Å². The third-order valence-corrected chi connectivity index (χ3v) is 4.90. The Morgan fingerprint density at radius 2 is 1.61 bits per heavy atom. The standard InChI is InChI=1S/C26H26FNO.C3H6.2C2H6/c1-5-8-11-19(6-2)20(17-28-7-3)13-14-23-24(27)16-15-22-21-12-9-10-18(4)25(21)29-26(22)23;1-3-2;2*1-2/h5-6,8-13,15-17H,1,7,14H2,2-4H3;3H,1H2,2H3;2*1-2H3/b11-8-,19-6+,20-13+,28-17?;;;. The zero-order valence-electron chi connectivity index (χ0n) is 23.5. The molecule has 0 saturated carbocycles. The van der Waals surface area contributed by atoms with Crippen molar-refractivity contribution in [3.05, 3.63) is 108 Å². The Labute approximate surface area is 218 Å². The maximum Gasteiger partial charge on any atom is 0.141 e. The van der Waals surface area contributed by atoms with Crippen molar-refractivity contribution in [1.29, 1.82) is 0 Å². The van der Waals surface area contributed by atoms with E-state index in [0.29, 0.717) is 24.1 Å². The van der Waals surface area contributed by atoms with Crippen molar-refractivity contribution in [3.63, 3.8) is 0 Å². The molecule has 0 unspecified atom stereocenters. The predicted octanol–water partition coefficient (Wildman–Crippen LogP) is 10.5. The summed E-state index contributed by atoms with van der Waals surface area (Å²) < 4.78 is 20.9. The van der Waals surface area contributed by atoms with Gasteiger partial charge in [-0.15, -0.1) is 6.58 Å². The van der Waals surface area contributed by atoms with Gasteiger partial charge in [0.25, 0.3) is 0 Å². The van der Waals surface area contributed by atoms with Crippen LogP contribution in [0.2, 0.25) is 0 Å². The van der Waals surface area contributed by atoms with Gasteiger partial charge in [0.2, 0.25) is 0 Å². The Morgan fingerprint density at radius 3 is 2.19 bits per heavy atom. The average Bonchev–Trinajstić information content (AvgIpc) is 3.29.